The Bertz CT molecular complexity index is 753. The Morgan fingerprint density at radius 2 is 2.14 bits per heavy atom. The van der Waals surface area contributed by atoms with Gasteiger partial charge in [-0.2, -0.15) is 0 Å². The predicted molar refractivity (Wildman–Crippen MR) is 68.7 cm³/mol. The summed E-state index contributed by atoms with van der Waals surface area (Å²) in [7, 11) is 0. The van der Waals surface area contributed by atoms with Gasteiger partial charge in [-0.05, 0) is 0 Å². The maximum Gasteiger partial charge on any atom is 0.260 e. The molecule has 1 aliphatic carbocycles. The number of hydrogen-bond donors (Lipinski definition) is 3. The minimum absolute atomic E-state index is 0.140. The minimum atomic E-state index is -3.07. The molecule has 10 heteroatoms. The molecule has 2 aromatic rings. The van der Waals surface area contributed by atoms with Gasteiger partial charge in [0.05, 0.1) is 24.5 Å². The molecule has 2 aromatic heterocycles. The van der Waals surface area contributed by atoms with E-state index in [2.05, 4.69) is 15.0 Å². The first-order chi connectivity index (χ1) is 10.4. The van der Waals surface area contributed by atoms with E-state index in [1.807, 2.05) is 0 Å². The van der Waals surface area contributed by atoms with E-state index < -0.39 is 42.8 Å². The van der Waals surface area contributed by atoms with Gasteiger partial charge in [0, 0.05) is 6.42 Å². The van der Waals surface area contributed by atoms with E-state index in [0.717, 1.165) is 0 Å². The third kappa shape index (κ3) is 1.46. The molecule has 0 radical (unpaired) electrons. The van der Waals surface area contributed by atoms with Crippen LogP contribution in [0.25, 0.3) is 11.2 Å². The van der Waals surface area contributed by atoms with Gasteiger partial charge in [0.25, 0.3) is 5.92 Å². The van der Waals surface area contributed by atoms with Crippen molar-refractivity contribution in [3.05, 3.63) is 12.7 Å². The van der Waals surface area contributed by atoms with Crippen LogP contribution in [0.1, 0.15) is 12.6 Å². The lowest BCUT2D eigenvalue weighted by molar-refractivity contribution is -0.0525. The van der Waals surface area contributed by atoms with Crippen molar-refractivity contribution in [2.24, 2.45) is 5.41 Å². The second-order valence-electron chi connectivity index (χ2n) is 5.65. The Kier molecular flexibility index (Phi) is 2.55. The zero-order valence-electron chi connectivity index (χ0n) is 11.2. The highest BCUT2D eigenvalue weighted by Crippen LogP contribution is 2.70. The highest BCUT2D eigenvalue weighted by Gasteiger charge is 2.82. The second kappa shape index (κ2) is 4.09. The maximum atomic E-state index is 13.8. The Labute approximate surface area is 122 Å². The lowest BCUT2D eigenvalue weighted by Gasteiger charge is -2.18. The maximum absolute atomic E-state index is 13.8. The monoisotopic (exact) mass is 313 g/mol. The number of aromatic nitrogens is 4. The molecule has 1 saturated heterocycles. The number of aliphatic hydroxyl groups excluding tert-OH is 2. The molecule has 22 heavy (non-hydrogen) atoms. The number of anilines is 1. The number of aliphatic hydroxyl groups is 2. The number of hydrogen-bond acceptors (Lipinski definition) is 7. The molecule has 0 aromatic carbocycles. The van der Waals surface area contributed by atoms with E-state index in [0.29, 0.717) is 5.52 Å². The SMILES string of the molecule is Nc1ncnc2c1ncn2[C@@H]1O[C@H](CO)[C@]2(CC2(F)F)[C@H]1O. The third-order valence-electron chi connectivity index (χ3n) is 4.57. The van der Waals surface area contributed by atoms with E-state index in [4.69, 9.17) is 10.5 Å². The zero-order chi connectivity index (χ0) is 15.7. The number of ether oxygens (including phenoxy) is 1. The van der Waals surface area contributed by atoms with E-state index in [9.17, 15) is 19.0 Å². The molecular weight excluding hydrogens is 300 g/mol. The molecule has 4 N–H and O–H groups in total. The molecule has 4 rings (SSSR count). The summed E-state index contributed by atoms with van der Waals surface area (Å²) >= 11 is 0. The molecule has 0 unspecified atom stereocenters. The lowest BCUT2D eigenvalue weighted by Crippen LogP contribution is -2.35. The summed E-state index contributed by atoms with van der Waals surface area (Å²) in [5.74, 6) is -2.93. The molecule has 8 nitrogen and oxygen atoms in total. The molecule has 3 heterocycles. The van der Waals surface area contributed by atoms with Crippen molar-refractivity contribution < 1.29 is 23.7 Å². The number of nitrogens with zero attached hydrogens (tertiary/aromatic N) is 4. The molecule has 118 valence electrons. The number of nitrogens with two attached hydrogens (primary N) is 1. The van der Waals surface area contributed by atoms with Gasteiger partial charge in [0.15, 0.2) is 17.7 Å². The van der Waals surface area contributed by atoms with Crippen LogP contribution in [0.15, 0.2) is 12.7 Å². The summed E-state index contributed by atoms with van der Waals surface area (Å²) in [4.78, 5) is 11.8. The molecule has 0 amide bonds. The average molecular weight is 313 g/mol. The van der Waals surface area contributed by atoms with Gasteiger partial charge >= 0.3 is 0 Å². The zero-order valence-corrected chi connectivity index (χ0v) is 11.2. The summed E-state index contributed by atoms with van der Waals surface area (Å²) in [5, 5.41) is 19.7. The average Bonchev–Trinajstić information content (AvgIpc) is 2.79. The number of nitrogen functional groups attached to an aromatic ring is 1. The first-order valence-electron chi connectivity index (χ1n) is 6.67. The smallest absolute Gasteiger partial charge is 0.260 e. The van der Waals surface area contributed by atoms with Gasteiger partial charge < -0.3 is 20.7 Å². The van der Waals surface area contributed by atoms with Crippen LogP contribution in [-0.2, 0) is 4.74 Å². The summed E-state index contributed by atoms with van der Waals surface area (Å²) in [6, 6.07) is 0. The topological polar surface area (TPSA) is 119 Å². The third-order valence-corrected chi connectivity index (χ3v) is 4.57. The summed E-state index contributed by atoms with van der Waals surface area (Å²) in [6.07, 6.45) is -1.77. The number of imidazole rings is 1. The van der Waals surface area contributed by atoms with Crippen LogP contribution in [0.3, 0.4) is 0 Å². The van der Waals surface area contributed by atoms with Crippen LogP contribution < -0.4 is 5.73 Å². The van der Waals surface area contributed by atoms with Gasteiger partial charge in [-0.15, -0.1) is 0 Å². The quantitative estimate of drug-likeness (QED) is 0.695. The Morgan fingerprint density at radius 1 is 1.41 bits per heavy atom. The molecule has 1 saturated carbocycles. The van der Waals surface area contributed by atoms with Gasteiger partial charge in [-0.1, -0.05) is 0 Å². The minimum Gasteiger partial charge on any atom is -0.394 e. The number of fused-ring (bicyclic) bond motifs is 1. The van der Waals surface area contributed by atoms with E-state index >= 15 is 0 Å². The predicted octanol–water partition coefficient (Wildman–Crippen LogP) is -0.316. The van der Waals surface area contributed by atoms with Crippen LogP contribution in [0.2, 0.25) is 0 Å². The van der Waals surface area contributed by atoms with Crippen LogP contribution in [-0.4, -0.2) is 54.5 Å². The van der Waals surface area contributed by atoms with Crippen LogP contribution in [0.4, 0.5) is 14.6 Å². The number of halogens is 2. The number of alkyl halides is 2. The normalized spacial score (nSPS) is 36.3. The Balaban J connectivity index is 1.79. The summed E-state index contributed by atoms with van der Waals surface area (Å²) in [6.45, 7) is -0.604. The van der Waals surface area contributed by atoms with E-state index in [1.165, 1.54) is 17.2 Å². The van der Waals surface area contributed by atoms with Crippen LogP contribution in [0, 0.1) is 5.41 Å². The van der Waals surface area contributed by atoms with Gasteiger partial charge in [-0.3, -0.25) is 4.57 Å². The molecule has 0 bridgehead atoms. The van der Waals surface area contributed by atoms with E-state index in [-0.39, 0.29) is 11.5 Å². The van der Waals surface area contributed by atoms with Crippen molar-refractivity contribution in [3.63, 3.8) is 0 Å². The molecule has 1 aliphatic heterocycles. The van der Waals surface area contributed by atoms with Crippen molar-refractivity contribution in [1.29, 1.82) is 0 Å². The van der Waals surface area contributed by atoms with Gasteiger partial charge in [0.1, 0.15) is 17.9 Å². The fourth-order valence-corrected chi connectivity index (χ4v) is 3.28. The largest absolute Gasteiger partial charge is 0.394 e. The Hall–Kier alpha value is -1.91. The number of rotatable bonds is 2. The molecule has 1 spiro atoms. The van der Waals surface area contributed by atoms with Crippen molar-refractivity contribution in [1.82, 2.24) is 19.5 Å². The summed E-state index contributed by atoms with van der Waals surface area (Å²) < 4.78 is 34.3. The van der Waals surface area contributed by atoms with Crippen molar-refractivity contribution in [2.75, 3.05) is 12.3 Å². The van der Waals surface area contributed by atoms with Crippen molar-refractivity contribution in [2.45, 2.75) is 30.8 Å². The van der Waals surface area contributed by atoms with Crippen molar-refractivity contribution in [3.8, 4) is 0 Å². The van der Waals surface area contributed by atoms with Gasteiger partial charge in [-0.25, -0.2) is 23.7 Å². The van der Waals surface area contributed by atoms with Crippen LogP contribution in [0.5, 0.6) is 0 Å². The molecular formula is C12H13F2N5O3. The van der Waals surface area contributed by atoms with Crippen LogP contribution >= 0.6 is 0 Å². The summed E-state index contributed by atoms with van der Waals surface area (Å²) in [5.41, 5.74) is 4.48. The lowest BCUT2D eigenvalue weighted by atomic mass is 9.94. The first kappa shape index (κ1) is 13.7. The molecule has 4 atom stereocenters. The highest BCUT2D eigenvalue weighted by atomic mass is 19.3. The molecule has 2 fully saturated rings. The fraction of sp³-hybridized carbons (Fsp3) is 0.583. The van der Waals surface area contributed by atoms with Gasteiger partial charge in [0.2, 0.25) is 0 Å². The first-order valence-corrected chi connectivity index (χ1v) is 6.67. The standard InChI is InChI=1S/C12H13F2N5O3/c13-12(14)2-11(12)5(1-20)22-10(7(11)21)19-4-18-6-8(15)16-3-17-9(6)19/h3-5,7,10,20-21H,1-2H2,(H2,15,16,17)/t5-,7+,10-,11-/m1/s1. The Morgan fingerprint density at radius 3 is 2.73 bits per heavy atom. The highest BCUT2D eigenvalue weighted by molar-refractivity contribution is 5.81. The van der Waals surface area contributed by atoms with E-state index in [1.54, 1.807) is 0 Å². The fourth-order valence-electron chi connectivity index (χ4n) is 3.28. The second-order valence-corrected chi connectivity index (χ2v) is 5.65. The molecule has 2 aliphatic rings. The van der Waals surface area contributed by atoms with Crippen molar-refractivity contribution >= 4 is 17.0 Å².